The van der Waals surface area contributed by atoms with Crippen molar-refractivity contribution in [1.82, 2.24) is 24.8 Å². The summed E-state index contributed by atoms with van der Waals surface area (Å²) in [7, 11) is 4.20. The minimum Gasteiger partial charge on any atom is -0.482 e. The van der Waals surface area contributed by atoms with Gasteiger partial charge in [-0.05, 0) is 31.8 Å². The normalized spacial score (nSPS) is 23.4. The number of nitrogens with zero attached hydrogens (tertiary/aromatic N) is 5. The average Bonchev–Trinajstić information content (AvgIpc) is 3.23. The fraction of sp³-hybridized carbons (Fsp3) is 0.471. The molecule has 4 rings (SSSR count). The fourth-order valence-electron chi connectivity index (χ4n) is 3.62. The molecule has 0 radical (unpaired) electrons. The zero-order valence-electron chi connectivity index (χ0n) is 14.4. The highest BCUT2D eigenvalue weighted by molar-refractivity contribution is 5.95. The number of amides is 1. The monoisotopic (exact) mass is 342 g/mol. The number of likely N-dealkylation sites (N-methyl/N-ethyl adjacent to an activating group) is 1. The van der Waals surface area contributed by atoms with Gasteiger partial charge in [-0.2, -0.15) is 0 Å². The van der Waals surface area contributed by atoms with E-state index in [9.17, 15) is 4.79 Å². The highest BCUT2D eigenvalue weighted by Crippen LogP contribution is 2.30. The molecule has 2 aromatic rings. The molecule has 2 aliphatic heterocycles. The van der Waals surface area contributed by atoms with Crippen LogP contribution in [0.1, 0.15) is 11.6 Å². The lowest BCUT2D eigenvalue weighted by Gasteiger charge is -2.24. The van der Waals surface area contributed by atoms with Gasteiger partial charge >= 0.3 is 0 Å². The van der Waals surface area contributed by atoms with Gasteiger partial charge in [0.05, 0.1) is 17.9 Å². The van der Waals surface area contributed by atoms with Crippen LogP contribution in [0.4, 0.5) is 5.69 Å². The number of benzene rings is 1. The predicted molar refractivity (Wildman–Crippen MR) is 92.4 cm³/mol. The van der Waals surface area contributed by atoms with Gasteiger partial charge in [-0.25, -0.2) is 4.68 Å². The Morgan fingerprint density at radius 2 is 2.24 bits per heavy atom. The number of likely N-dealkylation sites (tertiary alicyclic amines) is 1. The van der Waals surface area contributed by atoms with Crippen LogP contribution in [0, 0.1) is 0 Å². The molecule has 25 heavy (non-hydrogen) atoms. The van der Waals surface area contributed by atoms with Gasteiger partial charge in [0, 0.05) is 31.9 Å². The van der Waals surface area contributed by atoms with E-state index in [0.29, 0.717) is 6.04 Å². The Kier molecular flexibility index (Phi) is 4.14. The van der Waals surface area contributed by atoms with Crippen molar-refractivity contribution in [1.29, 1.82) is 0 Å². The number of carbonyl (C=O) groups is 1. The molecule has 0 aliphatic carbocycles. The number of ether oxygens (including phenoxy) is 1. The van der Waals surface area contributed by atoms with E-state index in [4.69, 9.17) is 4.74 Å². The molecule has 1 amide bonds. The summed E-state index contributed by atoms with van der Waals surface area (Å²) in [5.41, 5.74) is 1.91. The number of anilines is 1. The molecule has 1 N–H and O–H groups in total. The van der Waals surface area contributed by atoms with Gasteiger partial charge in [0.1, 0.15) is 5.75 Å². The van der Waals surface area contributed by atoms with E-state index in [1.54, 1.807) is 6.20 Å². The summed E-state index contributed by atoms with van der Waals surface area (Å²) in [5.74, 6) is 0.626. The van der Waals surface area contributed by atoms with Crippen LogP contribution in [0.5, 0.6) is 5.75 Å². The van der Waals surface area contributed by atoms with Crippen LogP contribution in [0.25, 0.3) is 0 Å². The Bertz CT molecular complexity index is 761. The Morgan fingerprint density at radius 1 is 1.36 bits per heavy atom. The Labute approximate surface area is 146 Å². The van der Waals surface area contributed by atoms with Crippen LogP contribution in [-0.2, 0) is 11.3 Å². The minimum absolute atomic E-state index is 0.0859. The third-order valence-corrected chi connectivity index (χ3v) is 4.86. The van der Waals surface area contributed by atoms with Gasteiger partial charge in [0.2, 0.25) is 0 Å². The molecule has 1 saturated heterocycles. The van der Waals surface area contributed by atoms with Crippen molar-refractivity contribution < 1.29 is 9.53 Å². The third kappa shape index (κ3) is 3.22. The molecule has 0 saturated carbocycles. The van der Waals surface area contributed by atoms with Crippen LogP contribution in [0.2, 0.25) is 0 Å². The molecule has 1 aromatic heterocycles. The number of fused-ring (bicyclic) bond motifs is 1. The lowest BCUT2D eigenvalue weighted by atomic mass is 10.1. The van der Waals surface area contributed by atoms with Gasteiger partial charge in [0.25, 0.3) is 5.91 Å². The Morgan fingerprint density at radius 3 is 3.00 bits per heavy atom. The first kappa shape index (κ1) is 16.0. The molecule has 1 aromatic carbocycles. The first-order chi connectivity index (χ1) is 12.1. The molecule has 2 atom stereocenters. The zero-order valence-corrected chi connectivity index (χ0v) is 14.4. The standard InChI is InChI=1S/C17H22N6O2/c1-21(2)14-9-22(10-15(14)23-6-5-18-20-23)8-12-3-4-16-13(7-12)19-17(24)11-25-16/h3-7,14-15H,8-11H2,1-2H3,(H,19,24)/t14-,15+/m1/s1. The van der Waals surface area contributed by atoms with E-state index < -0.39 is 0 Å². The summed E-state index contributed by atoms with van der Waals surface area (Å²) >= 11 is 0. The first-order valence-corrected chi connectivity index (χ1v) is 8.40. The van der Waals surface area contributed by atoms with Crippen molar-refractivity contribution in [2.45, 2.75) is 18.6 Å². The molecular weight excluding hydrogens is 320 g/mol. The third-order valence-electron chi connectivity index (χ3n) is 4.86. The van der Waals surface area contributed by atoms with E-state index in [0.717, 1.165) is 36.6 Å². The summed E-state index contributed by atoms with van der Waals surface area (Å²) in [6.45, 7) is 2.77. The van der Waals surface area contributed by atoms with Crippen LogP contribution in [-0.4, -0.2) is 70.5 Å². The summed E-state index contributed by atoms with van der Waals surface area (Å²) in [4.78, 5) is 16.2. The summed E-state index contributed by atoms with van der Waals surface area (Å²) < 4.78 is 7.37. The molecule has 0 spiro atoms. The van der Waals surface area contributed by atoms with Crippen LogP contribution in [0.3, 0.4) is 0 Å². The fourth-order valence-corrected chi connectivity index (χ4v) is 3.62. The predicted octanol–water partition coefficient (Wildman–Crippen LogP) is 0.596. The van der Waals surface area contributed by atoms with E-state index in [1.165, 1.54) is 0 Å². The van der Waals surface area contributed by atoms with Gasteiger partial charge in [0.15, 0.2) is 6.61 Å². The molecule has 3 heterocycles. The zero-order chi connectivity index (χ0) is 17.4. The number of rotatable bonds is 4. The van der Waals surface area contributed by atoms with Gasteiger partial charge in [-0.3, -0.25) is 9.69 Å². The van der Waals surface area contributed by atoms with Crippen molar-refractivity contribution in [3.05, 3.63) is 36.2 Å². The van der Waals surface area contributed by atoms with Crippen molar-refractivity contribution in [3.8, 4) is 5.75 Å². The molecule has 2 aliphatic rings. The SMILES string of the molecule is CN(C)[C@@H]1CN(Cc2ccc3c(c2)NC(=O)CO3)C[C@@H]1n1ccnn1. The van der Waals surface area contributed by atoms with E-state index in [-0.39, 0.29) is 18.6 Å². The number of nitrogens with one attached hydrogen (secondary N) is 1. The van der Waals surface area contributed by atoms with Gasteiger partial charge in [-0.15, -0.1) is 5.10 Å². The van der Waals surface area contributed by atoms with Crippen molar-refractivity contribution >= 4 is 11.6 Å². The molecule has 8 heteroatoms. The summed E-state index contributed by atoms with van der Waals surface area (Å²) in [6.07, 6.45) is 3.65. The smallest absolute Gasteiger partial charge is 0.262 e. The maximum absolute atomic E-state index is 11.5. The van der Waals surface area contributed by atoms with Crippen LogP contribution in [0.15, 0.2) is 30.6 Å². The number of hydrogen-bond acceptors (Lipinski definition) is 6. The quantitative estimate of drug-likeness (QED) is 0.877. The summed E-state index contributed by atoms with van der Waals surface area (Å²) in [6, 6.07) is 6.64. The van der Waals surface area contributed by atoms with Crippen molar-refractivity contribution in [3.63, 3.8) is 0 Å². The summed E-state index contributed by atoms with van der Waals surface area (Å²) in [5, 5.41) is 11.0. The molecule has 1 fully saturated rings. The average molecular weight is 342 g/mol. The molecule has 132 valence electrons. The second-order valence-corrected chi connectivity index (χ2v) is 6.84. The Balaban J connectivity index is 1.50. The van der Waals surface area contributed by atoms with Crippen molar-refractivity contribution in [2.24, 2.45) is 0 Å². The highest BCUT2D eigenvalue weighted by atomic mass is 16.5. The highest BCUT2D eigenvalue weighted by Gasteiger charge is 2.35. The molecule has 0 unspecified atom stereocenters. The second kappa shape index (κ2) is 6.45. The maximum atomic E-state index is 11.5. The number of hydrogen-bond donors (Lipinski definition) is 1. The largest absolute Gasteiger partial charge is 0.482 e. The lowest BCUT2D eigenvalue weighted by molar-refractivity contribution is -0.118. The first-order valence-electron chi connectivity index (χ1n) is 8.40. The molecular formula is C17H22N6O2. The van der Waals surface area contributed by atoms with Crippen molar-refractivity contribution in [2.75, 3.05) is 39.1 Å². The van der Waals surface area contributed by atoms with Crippen LogP contribution >= 0.6 is 0 Å². The lowest BCUT2D eigenvalue weighted by Crippen LogP contribution is -2.36. The second-order valence-electron chi connectivity index (χ2n) is 6.84. The minimum atomic E-state index is -0.107. The van der Waals surface area contributed by atoms with E-state index in [2.05, 4.69) is 45.6 Å². The Hall–Kier alpha value is -2.45. The molecule has 8 nitrogen and oxygen atoms in total. The van der Waals surface area contributed by atoms with Gasteiger partial charge in [-0.1, -0.05) is 11.3 Å². The molecule has 0 bridgehead atoms. The number of carbonyl (C=O) groups excluding carboxylic acids is 1. The van der Waals surface area contributed by atoms with Gasteiger partial charge < -0.3 is 15.0 Å². The van der Waals surface area contributed by atoms with Crippen LogP contribution < -0.4 is 10.1 Å². The maximum Gasteiger partial charge on any atom is 0.262 e. The topological polar surface area (TPSA) is 75.5 Å². The van der Waals surface area contributed by atoms with E-state index >= 15 is 0 Å². The van der Waals surface area contributed by atoms with E-state index in [1.807, 2.05) is 23.0 Å². The number of aromatic nitrogens is 3.